The highest BCUT2D eigenvalue weighted by atomic mass is 16.5. The van der Waals surface area contributed by atoms with Gasteiger partial charge in [0.1, 0.15) is 6.04 Å². The van der Waals surface area contributed by atoms with Gasteiger partial charge in [0.15, 0.2) is 6.61 Å². The third-order valence-electron chi connectivity index (χ3n) is 4.77. The number of carbonyl (C=O) groups excluding carboxylic acids is 4. The van der Waals surface area contributed by atoms with Crippen molar-refractivity contribution in [2.45, 2.75) is 66.5 Å². The van der Waals surface area contributed by atoms with E-state index in [1.807, 2.05) is 13.8 Å². The van der Waals surface area contributed by atoms with Gasteiger partial charge in [-0.3, -0.25) is 19.3 Å². The van der Waals surface area contributed by atoms with Gasteiger partial charge in [0.25, 0.3) is 17.7 Å². The van der Waals surface area contributed by atoms with Crippen molar-refractivity contribution in [3.63, 3.8) is 0 Å². The Morgan fingerprint density at radius 1 is 1.00 bits per heavy atom. The fraction of sp³-hybridized carbons (Fsp3) is 0.565. The molecule has 0 saturated heterocycles. The SMILES string of the molecule is CC(C)[C@H](C(=O)OCC(=O)NC(C)(C)CC(C)(C)C)N1C(=O)c2ccccc2C1=O. The van der Waals surface area contributed by atoms with Gasteiger partial charge in [-0.15, -0.1) is 0 Å². The van der Waals surface area contributed by atoms with E-state index in [0.717, 1.165) is 11.3 Å². The third-order valence-corrected chi connectivity index (χ3v) is 4.77. The molecule has 1 aromatic carbocycles. The summed E-state index contributed by atoms with van der Waals surface area (Å²) in [5, 5.41) is 2.87. The largest absolute Gasteiger partial charge is 0.454 e. The number of ether oxygens (including phenoxy) is 1. The lowest BCUT2D eigenvalue weighted by Crippen LogP contribution is -2.50. The Kier molecular flexibility index (Phi) is 6.74. The van der Waals surface area contributed by atoms with Crippen molar-refractivity contribution in [1.29, 1.82) is 0 Å². The van der Waals surface area contributed by atoms with Crippen LogP contribution in [0.25, 0.3) is 0 Å². The van der Waals surface area contributed by atoms with Gasteiger partial charge in [-0.25, -0.2) is 4.79 Å². The molecule has 164 valence electrons. The summed E-state index contributed by atoms with van der Waals surface area (Å²) in [5.74, 6) is -2.63. The van der Waals surface area contributed by atoms with Crippen LogP contribution in [-0.2, 0) is 14.3 Å². The van der Waals surface area contributed by atoms with E-state index in [1.165, 1.54) is 0 Å². The summed E-state index contributed by atoms with van der Waals surface area (Å²) in [6.45, 7) is 13.0. The van der Waals surface area contributed by atoms with Crippen LogP contribution < -0.4 is 5.32 Å². The van der Waals surface area contributed by atoms with Crippen molar-refractivity contribution >= 4 is 23.7 Å². The van der Waals surface area contributed by atoms with Crippen LogP contribution in [0.1, 0.15) is 75.6 Å². The Morgan fingerprint density at radius 3 is 1.93 bits per heavy atom. The van der Waals surface area contributed by atoms with Crippen molar-refractivity contribution in [2.75, 3.05) is 6.61 Å². The van der Waals surface area contributed by atoms with E-state index in [0.29, 0.717) is 0 Å². The Bertz CT molecular complexity index is 816. The first kappa shape index (κ1) is 23.6. The maximum atomic E-state index is 12.8. The summed E-state index contributed by atoms with van der Waals surface area (Å²) in [6.07, 6.45) is 0.739. The molecule has 7 heteroatoms. The molecule has 3 amide bonds. The quantitative estimate of drug-likeness (QED) is 0.544. The van der Waals surface area contributed by atoms with Crippen LogP contribution in [0.2, 0.25) is 0 Å². The molecule has 1 aromatic rings. The zero-order chi connectivity index (χ0) is 22.9. The molecule has 30 heavy (non-hydrogen) atoms. The summed E-state index contributed by atoms with van der Waals surface area (Å²) < 4.78 is 5.21. The second-order valence-corrected chi connectivity index (χ2v) is 9.99. The maximum absolute atomic E-state index is 12.8. The first-order valence-electron chi connectivity index (χ1n) is 10.2. The highest BCUT2D eigenvalue weighted by Crippen LogP contribution is 2.28. The minimum absolute atomic E-state index is 0.0156. The number of fused-ring (bicyclic) bond motifs is 1. The number of hydrogen-bond acceptors (Lipinski definition) is 5. The molecule has 0 unspecified atom stereocenters. The maximum Gasteiger partial charge on any atom is 0.330 e. The van der Waals surface area contributed by atoms with Crippen LogP contribution in [0.15, 0.2) is 24.3 Å². The fourth-order valence-electron chi connectivity index (χ4n) is 4.14. The Hall–Kier alpha value is -2.70. The summed E-state index contributed by atoms with van der Waals surface area (Å²) in [7, 11) is 0. The monoisotopic (exact) mass is 416 g/mol. The van der Waals surface area contributed by atoms with Gasteiger partial charge < -0.3 is 10.1 Å². The van der Waals surface area contributed by atoms with Gasteiger partial charge in [0.2, 0.25) is 0 Å². The molecule has 0 saturated carbocycles. The summed E-state index contributed by atoms with van der Waals surface area (Å²) >= 11 is 0. The first-order valence-corrected chi connectivity index (χ1v) is 10.2. The van der Waals surface area contributed by atoms with Crippen molar-refractivity contribution in [3.8, 4) is 0 Å². The van der Waals surface area contributed by atoms with Crippen LogP contribution >= 0.6 is 0 Å². The van der Waals surface area contributed by atoms with E-state index in [9.17, 15) is 19.2 Å². The van der Waals surface area contributed by atoms with Crippen molar-refractivity contribution in [1.82, 2.24) is 10.2 Å². The Balaban J connectivity index is 2.06. The number of hydrogen-bond donors (Lipinski definition) is 1. The fourth-order valence-corrected chi connectivity index (χ4v) is 4.14. The minimum Gasteiger partial charge on any atom is -0.454 e. The molecule has 0 radical (unpaired) electrons. The van der Waals surface area contributed by atoms with Gasteiger partial charge in [-0.1, -0.05) is 46.8 Å². The molecule has 1 aliphatic heterocycles. The van der Waals surface area contributed by atoms with Crippen LogP contribution in [0.5, 0.6) is 0 Å². The second-order valence-electron chi connectivity index (χ2n) is 9.99. The zero-order valence-electron chi connectivity index (χ0n) is 18.9. The number of esters is 1. The van der Waals surface area contributed by atoms with E-state index >= 15 is 0 Å². The lowest BCUT2D eigenvalue weighted by Gasteiger charge is -2.33. The van der Waals surface area contributed by atoms with E-state index in [1.54, 1.807) is 38.1 Å². The normalized spacial score (nSPS) is 15.3. The van der Waals surface area contributed by atoms with Crippen LogP contribution in [-0.4, -0.2) is 46.8 Å². The highest BCUT2D eigenvalue weighted by molar-refractivity contribution is 6.22. The van der Waals surface area contributed by atoms with Crippen LogP contribution in [0.4, 0.5) is 0 Å². The topological polar surface area (TPSA) is 92.8 Å². The summed E-state index contributed by atoms with van der Waals surface area (Å²) in [5.41, 5.74) is 0.0777. The number of rotatable bonds is 7. The Labute approximate surface area is 178 Å². The van der Waals surface area contributed by atoms with Gasteiger partial charge in [-0.2, -0.15) is 0 Å². The molecule has 0 fully saturated rings. The second kappa shape index (κ2) is 8.58. The molecule has 2 rings (SSSR count). The standard InChI is InChI=1S/C23H32N2O5/c1-14(2)18(25-19(27)15-10-8-9-11-16(15)20(25)28)21(29)30-12-17(26)24-23(6,7)13-22(3,4)5/h8-11,14,18H,12-13H2,1-7H3,(H,24,26)/t18-/m1/s1. The minimum atomic E-state index is -1.10. The average Bonchev–Trinajstić information content (AvgIpc) is 2.83. The molecule has 1 heterocycles. The number of nitrogens with one attached hydrogen (secondary N) is 1. The molecular weight excluding hydrogens is 384 g/mol. The first-order chi connectivity index (χ1) is 13.7. The van der Waals surface area contributed by atoms with Gasteiger partial charge in [0.05, 0.1) is 11.1 Å². The molecule has 7 nitrogen and oxygen atoms in total. The zero-order valence-corrected chi connectivity index (χ0v) is 18.9. The van der Waals surface area contributed by atoms with E-state index in [2.05, 4.69) is 26.1 Å². The number of carbonyl (C=O) groups is 4. The van der Waals surface area contributed by atoms with Crippen molar-refractivity contribution < 1.29 is 23.9 Å². The number of nitrogens with zero attached hydrogens (tertiary/aromatic N) is 1. The Morgan fingerprint density at radius 2 is 1.50 bits per heavy atom. The number of amides is 3. The predicted octanol–water partition coefficient (Wildman–Crippen LogP) is 3.18. The molecule has 1 aliphatic rings. The van der Waals surface area contributed by atoms with Gasteiger partial charge >= 0.3 is 5.97 Å². The molecular formula is C23H32N2O5. The third kappa shape index (κ3) is 5.46. The average molecular weight is 417 g/mol. The van der Waals surface area contributed by atoms with Gasteiger partial charge in [0, 0.05) is 5.54 Å². The van der Waals surface area contributed by atoms with E-state index < -0.39 is 41.9 Å². The summed E-state index contributed by atoms with van der Waals surface area (Å²) in [4.78, 5) is 51.5. The predicted molar refractivity (Wildman–Crippen MR) is 113 cm³/mol. The van der Waals surface area contributed by atoms with Gasteiger partial charge in [-0.05, 0) is 43.7 Å². The number of benzene rings is 1. The number of imide groups is 1. The van der Waals surface area contributed by atoms with Crippen LogP contribution in [0.3, 0.4) is 0 Å². The molecule has 0 aliphatic carbocycles. The lowest BCUT2D eigenvalue weighted by atomic mass is 9.82. The molecule has 1 atom stereocenters. The molecule has 1 N–H and O–H groups in total. The van der Waals surface area contributed by atoms with Crippen molar-refractivity contribution in [3.05, 3.63) is 35.4 Å². The van der Waals surface area contributed by atoms with Crippen LogP contribution in [0, 0.1) is 11.3 Å². The lowest BCUT2D eigenvalue weighted by molar-refractivity contribution is -0.154. The van der Waals surface area contributed by atoms with Crippen molar-refractivity contribution in [2.24, 2.45) is 11.3 Å². The molecule has 0 spiro atoms. The molecule has 0 aromatic heterocycles. The smallest absolute Gasteiger partial charge is 0.330 e. The van der Waals surface area contributed by atoms with E-state index in [4.69, 9.17) is 4.74 Å². The highest BCUT2D eigenvalue weighted by Gasteiger charge is 2.44. The van der Waals surface area contributed by atoms with E-state index in [-0.39, 0.29) is 22.5 Å². The molecule has 0 bridgehead atoms. The summed E-state index contributed by atoms with van der Waals surface area (Å²) in [6, 6.07) is 5.35.